The zero-order chi connectivity index (χ0) is 16.6. The number of carbonyl (C=O) groups excluding carboxylic acids is 2. The highest BCUT2D eigenvalue weighted by Gasteiger charge is 2.49. The summed E-state index contributed by atoms with van der Waals surface area (Å²) in [5, 5.41) is 2.85. The molecule has 2 aliphatic rings. The van der Waals surface area contributed by atoms with Gasteiger partial charge in [-0.25, -0.2) is 4.79 Å². The van der Waals surface area contributed by atoms with Crippen LogP contribution in [0.1, 0.15) is 50.7 Å². The minimum Gasteiger partial charge on any atom is -0.376 e. The number of nitrogens with one attached hydrogen (secondary N) is 1. The summed E-state index contributed by atoms with van der Waals surface area (Å²) in [6.07, 6.45) is 1.86. The van der Waals surface area contributed by atoms with Crippen LogP contribution in [0.4, 0.5) is 4.79 Å². The fraction of sp³-hybridized carbons (Fsp3) is 0.556. The zero-order valence-corrected chi connectivity index (χ0v) is 14.0. The quantitative estimate of drug-likeness (QED) is 0.869. The van der Waals surface area contributed by atoms with Gasteiger partial charge in [0.2, 0.25) is 0 Å². The molecule has 0 saturated carbocycles. The predicted octanol–water partition coefficient (Wildman–Crippen LogP) is 2.76. The number of imide groups is 1. The maximum Gasteiger partial charge on any atom is 0.325 e. The maximum atomic E-state index is 12.8. The maximum absolute atomic E-state index is 12.8. The van der Waals surface area contributed by atoms with Crippen LogP contribution < -0.4 is 5.32 Å². The summed E-state index contributed by atoms with van der Waals surface area (Å²) in [5.74, 6) is 0.233. The van der Waals surface area contributed by atoms with Crippen LogP contribution in [-0.4, -0.2) is 36.1 Å². The number of rotatable bonds is 4. The number of benzene rings is 1. The molecule has 2 saturated heterocycles. The van der Waals surface area contributed by atoms with Gasteiger partial charge in [0.25, 0.3) is 5.91 Å². The van der Waals surface area contributed by atoms with Crippen LogP contribution in [0.15, 0.2) is 24.3 Å². The first-order valence-corrected chi connectivity index (χ1v) is 8.28. The van der Waals surface area contributed by atoms with Gasteiger partial charge in [-0.1, -0.05) is 38.1 Å². The van der Waals surface area contributed by atoms with Crippen molar-refractivity contribution < 1.29 is 14.3 Å². The van der Waals surface area contributed by atoms with E-state index >= 15 is 0 Å². The Bertz CT molecular complexity index is 605. The lowest BCUT2D eigenvalue weighted by molar-refractivity contribution is -0.132. The minimum atomic E-state index is -0.995. The normalized spacial score (nSPS) is 27.8. The molecule has 2 atom stereocenters. The highest BCUT2D eigenvalue weighted by atomic mass is 16.5. The molecular formula is C18H24N2O3. The van der Waals surface area contributed by atoms with E-state index in [0.717, 1.165) is 18.4 Å². The van der Waals surface area contributed by atoms with Crippen molar-refractivity contribution in [3.63, 3.8) is 0 Å². The van der Waals surface area contributed by atoms with E-state index in [4.69, 9.17) is 4.74 Å². The summed E-state index contributed by atoms with van der Waals surface area (Å²) in [4.78, 5) is 26.4. The fourth-order valence-electron chi connectivity index (χ4n) is 3.25. The van der Waals surface area contributed by atoms with Crippen molar-refractivity contribution in [1.82, 2.24) is 10.2 Å². The van der Waals surface area contributed by atoms with Gasteiger partial charge in [0.15, 0.2) is 0 Å². The Morgan fingerprint density at radius 1 is 1.30 bits per heavy atom. The molecule has 3 amide bonds. The van der Waals surface area contributed by atoms with Crippen molar-refractivity contribution in [1.29, 1.82) is 0 Å². The number of ether oxygens (including phenoxy) is 1. The molecule has 5 heteroatoms. The Hall–Kier alpha value is -1.88. The SMILES string of the molecule is CC(C)c1ccc([C@]2(C)NC(=O)N(C[C@H]3CCCO3)C2=O)cc1. The molecular weight excluding hydrogens is 292 g/mol. The molecule has 0 bridgehead atoms. The first-order valence-electron chi connectivity index (χ1n) is 8.28. The van der Waals surface area contributed by atoms with Crippen LogP contribution in [0.3, 0.4) is 0 Å². The first-order chi connectivity index (χ1) is 10.9. The lowest BCUT2D eigenvalue weighted by atomic mass is 9.90. The van der Waals surface area contributed by atoms with Gasteiger partial charge in [-0.3, -0.25) is 9.69 Å². The molecule has 5 nitrogen and oxygen atoms in total. The van der Waals surface area contributed by atoms with Gasteiger partial charge in [-0.05, 0) is 36.8 Å². The summed E-state index contributed by atoms with van der Waals surface area (Å²) in [6.45, 7) is 7.07. The van der Waals surface area contributed by atoms with Gasteiger partial charge >= 0.3 is 6.03 Å². The lowest BCUT2D eigenvalue weighted by Crippen LogP contribution is -2.42. The standard InChI is InChI=1S/C18H24N2O3/c1-12(2)13-6-8-14(9-7-13)18(3)16(21)20(17(22)19-18)11-15-5-4-10-23-15/h6-9,12,15H,4-5,10-11H2,1-3H3,(H,19,22)/t15-,18+/m1/s1. The van der Waals surface area contributed by atoms with E-state index in [0.29, 0.717) is 19.1 Å². The van der Waals surface area contributed by atoms with Crippen molar-refractivity contribution in [2.75, 3.05) is 13.2 Å². The van der Waals surface area contributed by atoms with Crippen molar-refractivity contribution in [3.05, 3.63) is 35.4 Å². The molecule has 1 aromatic rings. The molecule has 23 heavy (non-hydrogen) atoms. The van der Waals surface area contributed by atoms with Gasteiger partial charge in [0.05, 0.1) is 12.6 Å². The summed E-state index contributed by atoms with van der Waals surface area (Å²) in [5.41, 5.74) is 1.03. The third-order valence-corrected chi connectivity index (χ3v) is 4.84. The smallest absolute Gasteiger partial charge is 0.325 e. The van der Waals surface area contributed by atoms with Gasteiger partial charge in [-0.15, -0.1) is 0 Å². The van der Waals surface area contributed by atoms with E-state index in [9.17, 15) is 9.59 Å². The number of nitrogens with zero attached hydrogens (tertiary/aromatic N) is 1. The second-order valence-electron chi connectivity index (χ2n) is 6.88. The molecule has 1 aromatic carbocycles. The van der Waals surface area contributed by atoms with E-state index in [2.05, 4.69) is 19.2 Å². The molecule has 2 heterocycles. The van der Waals surface area contributed by atoms with E-state index in [-0.39, 0.29) is 18.0 Å². The Morgan fingerprint density at radius 3 is 2.57 bits per heavy atom. The minimum absolute atomic E-state index is 0.0321. The first kappa shape index (κ1) is 16.0. The Balaban J connectivity index is 1.81. The van der Waals surface area contributed by atoms with Gasteiger partial charge in [-0.2, -0.15) is 0 Å². The van der Waals surface area contributed by atoms with Crippen molar-refractivity contribution in [2.45, 2.75) is 51.2 Å². The van der Waals surface area contributed by atoms with Crippen LogP contribution >= 0.6 is 0 Å². The molecule has 3 rings (SSSR count). The van der Waals surface area contributed by atoms with Crippen LogP contribution in [0.5, 0.6) is 0 Å². The summed E-state index contributed by atoms with van der Waals surface area (Å²) in [6, 6.07) is 7.58. The van der Waals surface area contributed by atoms with Crippen LogP contribution in [0, 0.1) is 0 Å². The second-order valence-corrected chi connectivity index (χ2v) is 6.88. The average molecular weight is 316 g/mol. The number of hydrogen-bond donors (Lipinski definition) is 1. The van der Waals surface area contributed by atoms with E-state index in [1.165, 1.54) is 10.5 Å². The Morgan fingerprint density at radius 2 is 2.00 bits per heavy atom. The molecule has 0 spiro atoms. The molecule has 1 N–H and O–H groups in total. The highest BCUT2D eigenvalue weighted by Crippen LogP contribution is 2.30. The third kappa shape index (κ3) is 2.85. The molecule has 0 radical (unpaired) electrons. The number of urea groups is 1. The van der Waals surface area contributed by atoms with Crippen molar-refractivity contribution in [3.8, 4) is 0 Å². The number of carbonyl (C=O) groups is 2. The summed E-state index contributed by atoms with van der Waals surface area (Å²) in [7, 11) is 0. The van der Waals surface area contributed by atoms with E-state index in [1.54, 1.807) is 6.92 Å². The number of amides is 3. The van der Waals surface area contributed by atoms with Gasteiger partial charge in [0, 0.05) is 6.61 Å². The molecule has 0 aliphatic carbocycles. The topological polar surface area (TPSA) is 58.6 Å². The van der Waals surface area contributed by atoms with Gasteiger partial charge < -0.3 is 10.1 Å². The molecule has 2 aliphatic heterocycles. The fourth-order valence-corrected chi connectivity index (χ4v) is 3.25. The van der Waals surface area contributed by atoms with Crippen LogP contribution in [0.2, 0.25) is 0 Å². The van der Waals surface area contributed by atoms with Crippen LogP contribution in [0.25, 0.3) is 0 Å². The lowest BCUT2D eigenvalue weighted by Gasteiger charge is -2.23. The second kappa shape index (κ2) is 5.96. The monoisotopic (exact) mass is 316 g/mol. The van der Waals surface area contributed by atoms with Crippen molar-refractivity contribution in [2.24, 2.45) is 0 Å². The third-order valence-electron chi connectivity index (χ3n) is 4.84. The molecule has 0 aromatic heterocycles. The van der Waals surface area contributed by atoms with E-state index < -0.39 is 5.54 Å². The number of hydrogen-bond acceptors (Lipinski definition) is 3. The molecule has 124 valence electrons. The zero-order valence-electron chi connectivity index (χ0n) is 14.0. The largest absolute Gasteiger partial charge is 0.376 e. The average Bonchev–Trinajstić information content (AvgIpc) is 3.11. The van der Waals surface area contributed by atoms with Crippen LogP contribution in [-0.2, 0) is 15.1 Å². The van der Waals surface area contributed by atoms with Crippen molar-refractivity contribution >= 4 is 11.9 Å². The molecule has 0 unspecified atom stereocenters. The molecule has 2 fully saturated rings. The Kier molecular flexibility index (Phi) is 4.15. The highest BCUT2D eigenvalue weighted by molar-refractivity contribution is 6.07. The van der Waals surface area contributed by atoms with E-state index in [1.807, 2.05) is 24.3 Å². The summed E-state index contributed by atoms with van der Waals surface area (Å²) >= 11 is 0. The Labute approximate surface area is 137 Å². The van der Waals surface area contributed by atoms with Gasteiger partial charge in [0.1, 0.15) is 5.54 Å². The predicted molar refractivity (Wildman–Crippen MR) is 87.1 cm³/mol. The summed E-state index contributed by atoms with van der Waals surface area (Å²) < 4.78 is 5.55.